The van der Waals surface area contributed by atoms with E-state index in [9.17, 15) is 16.8 Å². The fraction of sp³-hybridized carbons (Fsp3) is 0.118. The lowest BCUT2D eigenvalue weighted by Gasteiger charge is -2.37. The standard InChI is InChI=1S/C34H27F3O6S2/c1-24-8-20-31(21-9-24)44(38,39)42-29-16-12-27(13-17-29)33(34(35,36)37,26-6-4-3-5-7-26)28-14-18-30(19-15-28)43-45(40,41)32-22-10-25(2)11-23-32/h3-23H,1-2H3. The molecule has 0 aromatic heterocycles. The topological polar surface area (TPSA) is 86.7 Å². The summed E-state index contributed by atoms with van der Waals surface area (Å²) in [7, 11) is -8.48. The van der Waals surface area contributed by atoms with E-state index in [0.717, 1.165) is 59.7 Å². The molecule has 0 saturated carbocycles. The van der Waals surface area contributed by atoms with Gasteiger partial charge in [-0.05, 0) is 79.1 Å². The van der Waals surface area contributed by atoms with E-state index in [0.29, 0.717) is 0 Å². The van der Waals surface area contributed by atoms with Crippen molar-refractivity contribution in [2.45, 2.75) is 35.2 Å². The maximum atomic E-state index is 15.4. The second kappa shape index (κ2) is 12.1. The van der Waals surface area contributed by atoms with Gasteiger partial charge in [0.15, 0.2) is 0 Å². The molecular formula is C34H27F3O6S2. The van der Waals surface area contributed by atoms with Crippen LogP contribution in [0, 0.1) is 13.8 Å². The van der Waals surface area contributed by atoms with Crippen LogP contribution in [0.25, 0.3) is 0 Å². The van der Waals surface area contributed by atoms with Crippen molar-refractivity contribution in [2.75, 3.05) is 0 Å². The molecule has 0 aliphatic carbocycles. The van der Waals surface area contributed by atoms with Crippen molar-refractivity contribution < 1.29 is 38.4 Å². The molecule has 0 saturated heterocycles. The summed E-state index contributed by atoms with van der Waals surface area (Å²) in [6.45, 7) is 3.59. The Bertz CT molecular complexity index is 1870. The summed E-state index contributed by atoms with van der Waals surface area (Å²) < 4.78 is 108. The van der Waals surface area contributed by atoms with Crippen LogP contribution in [0.4, 0.5) is 13.2 Å². The SMILES string of the molecule is Cc1ccc(S(=O)(=O)Oc2ccc(C(c3ccccc3)(c3ccc(OS(=O)(=O)c4ccc(C)cc4)cc3)C(F)(F)F)cc2)cc1. The van der Waals surface area contributed by atoms with Gasteiger partial charge in [-0.15, -0.1) is 0 Å². The highest BCUT2D eigenvalue weighted by Gasteiger charge is 2.58. The summed E-state index contributed by atoms with van der Waals surface area (Å²) in [6.07, 6.45) is -4.90. The van der Waals surface area contributed by atoms with Crippen LogP contribution in [0.5, 0.6) is 11.5 Å². The molecule has 0 N–H and O–H groups in total. The largest absolute Gasteiger partial charge is 0.406 e. The summed E-state index contributed by atoms with van der Waals surface area (Å²) in [6, 6.07) is 28.4. The molecule has 0 fully saturated rings. The molecule has 0 unspecified atom stereocenters. The molecule has 45 heavy (non-hydrogen) atoms. The van der Waals surface area contributed by atoms with Gasteiger partial charge in [-0.1, -0.05) is 90.0 Å². The van der Waals surface area contributed by atoms with E-state index in [1.165, 1.54) is 48.5 Å². The zero-order valence-corrected chi connectivity index (χ0v) is 25.7. The van der Waals surface area contributed by atoms with Crippen LogP contribution < -0.4 is 8.37 Å². The Balaban J connectivity index is 1.54. The maximum Gasteiger partial charge on any atom is 0.406 e. The third kappa shape index (κ3) is 6.45. The lowest BCUT2D eigenvalue weighted by atomic mass is 9.69. The minimum Gasteiger partial charge on any atom is -0.379 e. The van der Waals surface area contributed by atoms with Crippen molar-refractivity contribution >= 4 is 20.2 Å². The average molecular weight is 653 g/mol. The van der Waals surface area contributed by atoms with E-state index in [-0.39, 0.29) is 38.0 Å². The lowest BCUT2D eigenvalue weighted by Crippen LogP contribution is -2.44. The summed E-state index contributed by atoms with van der Waals surface area (Å²) in [4.78, 5) is -0.199. The number of benzene rings is 5. The highest BCUT2D eigenvalue weighted by atomic mass is 32.2. The quantitative estimate of drug-likeness (QED) is 0.120. The molecule has 0 amide bonds. The molecule has 0 aliphatic rings. The Morgan fingerprint density at radius 3 is 1.13 bits per heavy atom. The molecule has 0 spiro atoms. The average Bonchev–Trinajstić information content (AvgIpc) is 2.99. The van der Waals surface area contributed by atoms with Crippen LogP contribution in [0.1, 0.15) is 27.8 Å². The Hall–Kier alpha value is -4.61. The normalized spacial score (nSPS) is 12.5. The Morgan fingerprint density at radius 1 is 0.467 bits per heavy atom. The van der Waals surface area contributed by atoms with Crippen LogP contribution >= 0.6 is 0 Å². The fourth-order valence-electron chi connectivity index (χ4n) is 4.96. The van der Waals surface area contributed by atoms with Crippen molar-refractivity contribution in [1.82, 2.24) is 0 Å². The number of rotatable bonds is 9. The third-order valence-corrected chi connectivity index (χ3v) is 9.76. The van der Waals surface area contributed by atoms with Gasteiger partial charge < -0.3 is 8.37 Å². The molecule has 0 atom stereocenters. The van der Waals surface area contributed by atoms with Crippen LogP contribution in [0.2, 0.25) is 0 Å². The van der Waals surface area contributed by atoms with Crippen molar-refractivity contribution in [2.24, 2.45) is 0 Å². The van der Waals surface area contributed by atoms with Gasteiger partial charge in [0, 0.05) is 0 Å². The van der Waals surface area contributed by atoms with E-state index < -0.39 is 31.8 Å². The summed E-state index contributed by atoms with van der Waals surface area (Å²) >= 11 is 0. The van der Waals surface area contributed by atoms with E-state index >= 15 is 13.2 Å². The molecule has 5 aromatic carbocycles. The van der Waals surface area contributed by atoms with E-state index in [4.69, 9.17) is 8.37 Å². The smallest absolute Gasteiger partial charge is 0.379 e. The number of halogens is 3. The summed E-state index contributed by atoms with van der Waals surface area (Å²) in [5.74, 6) is -0.345. The number of hydrogen-bond acceptors (Lipinski definition) is 6. The van der Waals surface area contributed by atoms with Crippen molar-refractivity contribution in [3.05, 3.63) is 155 Å². The van der Waals surface area contributed by atoms with Crippen molar-refractivity contribution in [3.8, 4) is 11.5 Å². The Kier molecular flexibility index (Phi) is 8.52. The highest BCUT2D eigenvalue weighted by Crippen LogP contribution is 2.51. The van der Waals surface area contributed by atoms with Crippen molar-refractivity contribution in [3.63, 3.8) is 0 Å². The number of alkyl halides is 3. The third-order valence-electron chi connectivity index (χ3n) is 7.24. The highest BCUT2D eigenvalue weighted by molar-refractivity contribution is 7.87. The zero-order valence-electron chi connectivity index (χ0n) is 24.0. The van der Waals surface area contributed by atoms with Gasteiger partial charge in [-0.25, -0.2) is 0 Å². The predicted octanol–water partition coefficient (Wildman–Crippen LogP) is 7.74. The van der Waals surface area contributed by atoms with Gasteiger partial charge in [0.05, 0.1) is 0 Å². The summed E-state index contributed by atoms with van der Waals surface area (Å²) in [5.41, 5.74) is -1.59. The monoisotopic (exact) mass is 652 g/mol. The van der Waals surface area contributed by atoms with Crippen LogP contribution in [0.3, 0.4) is 0 Å². The molecule has 232 valence electrons. The van der Waals surface area contributed by atoms with Gasteiger partial charge in [0.2, 0.25) is 0 Å². The first-order chi connectivity index (χ1) is 21.2. The van der Waals surface area contributed by atoms with E-state index in [1.807, 2.05) is 0 Å². The van der Waals surface area contributed by atoms with Gasteiger partial charge in [0.25, 0.3) is 0 Å². The van der Waals surface area contributed by atoms with Gasteiger partial charge >= 0.3 is 26.4 Å². The molecule has 0 aliphatic heterocycles. The predicted molar refractivity (Wildman–Crippen MR) is 163 cm³/mol. The summed E-state index contributed by atoms with van der Waals surface area (Å²) in [5, 5.41) is 0. The van der Waals surface area contributed by atoms with E-state index in [1.54, 1.807) is 44.2 Å². The van der Waals surface area contributed by atoms with Gasteiger partial charge in [-0.2, -0.15) is 30.0 Å². The van der Waals surface area contributed by atoms with Crippen LogP contribution in [-0.2, 0) is 25.7 Å². The molecule has 0 radical (unpaired) electrons. The molecule has 6 nitrogen and oxygen atoms in total. The van der Waals surface area contributed by atoms with E-state index in [2.05, 4.69) is 0 Å². The lowest BCUT2D eigenvalue weighted by molar-refractivity contribution is -0.166. The Labute approximate surface area is 260 Å². The Morgan fingerprint density at radius 2 is 0.800 bits per heavy atom. The zero-order chi connectivity index (χ0) is 32.5. The van der Waals surface area contributed by atoms with Crippen LogP contribution in [0.15, 0.2) is 137 Å². The van der Waals surface area contributed by atoms with Gasteiger partial charge in [0.1, 0.15) is 26.7 Å². The minimum absolute atomic E-state index is 0.0993. The molecule has 5 rings (SSSR count). The second-order valence-corrected chi connectivity index (χ2v) is 13.5. The molecule has 5 aromatic rings. The molecule has 0 bridgehead atoms. The first kappa shape index (κ1) is 31.8. The maximum absolute atomic E-state index is 15.4. The molecule has 11 heteroatoms. The minimum atomic E-state index is -4.90. The first-order valence-corrected chi connectivity index (χ1v) is 16.4. The first-order valence-electron chi connectivity index (χ1n) is 13.6. The number of aryl methyl sites for hydroxylation is 2. The van der Waals surface area contributed by atoms with Crippen LogP contribution in [-0.4, -0.2) is 23.0 Å². The molecular weight excluding hydrogens is 625 g/mol. The van der Waals surface area contributed by atoms with Crippen molar-refractivity contribution in [1.29, 1.82) is 0 Å². The number of hydrogen-bond donors (Lipinski definition) is 0. The molecule has 0 heterocycles. The second-order valence-electron chi connectivity index (χ2n) is 10.4. The fourth-order valence-corrected chi connectivity index (χ4v) is 6.82. The van der Waals surface area contributed by atoms with Gasteiger partial charge in [-0.3, -0.25) is 0 Å².